The van der Waals surface area contributed by atoms with Crippen molar-refractivity contribution in [1.29, 1.82) is 0 Å². The van der Waals surface area contributed by atoms with Gasteiger partial charge in [-0.1, -0.05) is 0 Å². The van der Waals surface area contributed by atoms with E-state index in [1.807, 2.05) is 0 Å². The average molecular weight is 291 g/mol. The summed E-state index contributed by atoms with van der Waals surface area (Å²) in [6.07, 6.45) is 2.88. The zero-order valence-electron chi connectivity index (χ0n) is 9.98. The molecule has 0 amide bonds. The van der Waals surface area contributed by atoms with Crippen molar-refractivity contribution in [2.24, 2.45) is 0 Å². The minimum atomic E-state index is -4.19. The van der Waals surface area contributed by atoms with E-state index in [1.54, 1.807) is 0 Å². The van der Waals surface area contributed by atoms with Gasteiger partial charge < -0.3 is 10.3 Å². The highest BCUT2D eigenvalue weighted by molar-refractivity contribution is 7.85. The van der Waals surface area contributed by atoms with Crippen LogP contribution in [-0.2, 0) is 10.1 Å². The Balaban J connectivity index is 1.93. The molecule has 0 saturated heterocycles. The Labute approximate surface area is 113 Å². The van der Waals surface area contributed by atoms with Crippen LogP contribution >= 0.6 is 0 Å². The Kier molecular flexibility index (Phi) is 2.84. The summed E-state index contributed by atoms with van der Waals surface area (Å²) >= 11 is 0. The van der Waals surface area contributed by atoms with Crippen molar-refractivity contribution < 1.29 is 13.0 Å². The summed E-state index contributed by atoms with van der Waals surface area (Å²) in [5.74, 6) is 0.520. The molecule has 2 heterocycles. The summed E-state index contributed by atoms with van der Waals surface area (Å²) in [7, 11) is -4.19. The Hall–Kier alpha value is -2.52. The Morgan fingerprint density at radius 1 is 1.10 bits per heavy atom. The van der Waals surface area contributed by atoms with Crippen LogP contribution in [0.5, 0.6) is 0 Å². The minimum Gasteiger partial charge on any atom is -0.340 e. The molecule has 3 aromatic rings. The van der Waals surface area contributed by atoms with Gasteiger partial charge in [0.2, 0.25) is 0 Å². The van der Waals surface area contributed by atoms with Gasteiger partial charge in [-0.25, -0.2) is 15.0 Å². The van der Waals surface area contributed by atoms with Gasteiger partial charge in [-0.15, -0.1) is 0 Å². The second-order valence-electron chi connectivity index (χ2n) is 3.95. The Morgan fingerprint density at radius 3 is 2.55 bits per heavy atom. The van der Waals surface area contributed by atoms with Crippen molar-refractivity contribution in [2.75, 3.05) is 5.32 Å². The van der Waals surface area contributed by atoms with Crippen LogP contribution in [0.2, 0.25) is 0 Å². The largest absolute Gasteiger partial charge is 0.340 e. The van der Waals surface area contributed by atoms with Crippen LogP contribution in [0, 0.1) is 0 Å². The lowest BCUT2D eigenvalue weighted by molar-refractivity contribution is 0.483. The molecule has 3 N–H and O–H groups in total. The average Bonchev–Trinajstić information content (AvgIpc) is 2.88. The number of aromatic amines is 1. The molecule has 1 aromatic carbocycles. The van der Waals surface area contributed by atoms with Crippen molar-refractivity contribution >= 4 is 32.8 Å². The van der Waals surface area contributed by atoms with Crippen LogP contribution in [0.1, 0.15) is 0 Å². The summed E-state index contributed by atoms with van der Waals surface area (Å²) < 4.78 is 30.8. The van der Waals surface area contributed by atoms with Crippen molar-refractivity contribution in [3.63, 3.8) is 0 Å². The summed E-state index contributed by atoms with van der Waals surface area (Å²) in [6, 6.07) is 5.63. The first-order chi connectivity index (χ1) is 9.54. The Morgan fingerprint density at radius 2 is 1.85 bits per heavy atom. The third-order valence-corrected chi connectivity index (χ3v) is 3.51. The van der Waals surface area contributed by atoms with Gasteiger partial charge in [-0.2, -0.15) is 8.42 Å². The molecule has 0 bridgehead atoms. The molecule has 0 aliphatic carbocycles. The van der Waals surface area contributed by atoms with Crippen molar-refractivity contribution in [3.8, 4) is 0 Å². The molecular formula is C11H9N5O3S. The molecule has 0 aliphatic rings. The van der Waals surface area contributed by atoms with Gasteiger partial charge >= 0.3 is 0 Å². The minimum absolute atomic E-state index is 0.169. The van der Waals surface area contributed by atoms with Gasteiger partial charge in [0.1, 0.15) is 11.8 Å². The van der Waals surface area contributed by atoms with E-state index in [2.05, 4.69) is 25.3 Å². The monoisotopic (exact) mass is 291 g/mol. The number of imidazole rings is 1. The molecule has 0 unspecified atom stereocenters. The van der Waals surface area contributed by atoms with Crippen LogP contribution in [0.15, 0.2) is 41.8 Å². The first-order valence-electron chi connectivity index (χ1n) is 5.53. The topological polar surface area (TPSA) is 121 Å². The fourth-order valence-electron chi connectivity index (χ4n) is 1.71. The Bertz CT molecular complexity index is 857. The van der Waals surface area contributed by atoms with Gasteiger partial charge in [0, 0.05) is 5.69 Å². The maximum absolute atomic E-state index is 10.9. The van der Waals surface area contributed by atoms with Crippen LogP contribution in [0.3, 0.4) is 0 Å². The highest BCUT2D eigenvalue weighted by Gasteiger charge is 2.10. The van der Waals surface area contributed by atoms with Gasteiger partial charge in [-0.3, -0.25) is 4.55 Å². The lowest BCUT2D eigenvalue weighted by Crippen LogP contribution is -1.99. The lowest BCUT2D eigenvalue weighted by Gasteiger charge is -2.06. The number of nitrogens with zero attached hydrogens (tertiary/aromatic N) is 3. The molecular weight excluding hydrogens is 282 g/mol. The molecule has 20 heavy (non-hydrogen) atoms. The smallest absolute Gasteiger partial charge is 0.294 e. The maximum Gasteiger partial charge on any atom is 0.294 e. The number of H-pyrrole nitrogens is 1. The quantitative estimate of drug-likeness (QED) is 0.622. The normalized spacial score (nSPS) is 11.7. The number of aromatic nitrogens is 4. The summed E-state index contributed by atoms with van der Waals surface area (Å²) in [4.78, 5) is 14.8. The second-order valence-corrected chi connectivity index (χ2v) is 5.37. The van der Waals surface area contributed by atoms with E-state index in [9.17, 15) is 8.42 Å². The molecule has 0 spiro atoms. The molecule has 102 valence electrons. The predicted molar refractivity (Wildman–Crippen MR) is 71.2 cm³/mol. The van der Waals surface area contributed by atoms with E-state index in [0.717, 1.165) is 0 Å². The van der Waals surface area contributed by atoms with Gasteiger partial charge in [0.05, 0.1) is 11.2 Å². The van der Waals surface area contributed by atoms with Crippen molar-refractivity contribution in [2.45, 2.75) is 4.90 Å². The SMILES string of the molecule is O=S(=O)(O)c1ccc(Nc2ncnc3nc[nH]c23)cc1. The van der Waals surface area contributed by atoms with Crippen molar-refractivity contribution in [1.82, 2.24) is 19.9 Å². The second kappa shape index (κ2) is 4.54. The van der Waals surface area contributed by atoms with Gasteiger partial charge in [0.15, 0.2) is 11.5 Å². The van der Waals surface area contributed by atoms with Crippen molar-refractivity contribution in [3.05, 3.63) is 36.9 Å². The number of rotatable bonds is 3. The highest BCUT2D eigenvalue weighted by Crippen LogP contribution is 2.21. The van der Waals surface area contributed by atoms with E-state index in [0.29, 0.717) is 22.7 Å². The van der Waals surface area contributed by atoms with Crippen LogP contribution in [0.4, 0.5) is 11.5 Å². The summed E-state index contributed by atoms with van der Waals surface area (Å²) in [5, 5.41) is 3.01. The summed E-state index contributed by atoms with van der Waals surface area (Å²) in [6.45, 7) is 0. The van der Waals surface area contributed by atoms with E-state index in [1.165, 1.54) is 36.9 Å². The standard InChI is InChI=1S/C11H9N5O3S/c17-20(18,19)8-3-1-7(2-4-8)16-11-9-10(13-5-12-9)14-6-15-11/h1-6H,(H,17,18,19)(H2,12,13,14,15,16). The summed E-state index contributed by atoms with van der Waals surface area (Å²) in [5.41, 5.74) is 1.79. The zero-order valence-corrected chi connectivity index (χ0v) is 10.8. The lowest BCUT2D eigenvalue weighted by atomic mass is 10.3. The van der Waals surface area contributed by atoms with Crippen LogP contribution in [-0.4, -0.2) is 32.9 Å². The van der Waals surface area contributed by atoms with E-state index >= 15 is 0 Å². The number of benzene rings is 1. The van der Waals surface area contributed by atoms with E-state index in [-0.39, 0.29) is 4.90 Å². The first-order valence-corrected chi connectivity index (χ1v) is 6.97. The number of hydrogen-bond acceptors (Lipinski definition) is 6. The molecule has 0 radical (unpaired) electrons. The zero-order chi connectivity index (χ0) is 14.2. The third kappa shape index (κ3) is 2.31. The van der Waals surface area contributed by atoms with E-state index in [4.69, 9.17) is 4.55 Å². The molecule has 0 saturated carbocycles. The molecule has 2 aromatic heterocycles. The van der Waals surface area contributed by atoms with Gasteiger partial charge in [0.25, 0.3) is 10.1 Å². The molecule has 0 aliphatic heterocycles. The molecule has 9 heteroatoms. The highest BCUT2D eigenvalue weighted by atomic mass is 32.2. The number of hydrogen-bond donors (Lipinski definition) is 3. The predicted octanol–water partition coefficient (Wildman–Crippen LogP) is 1.34. The van der Waals surface area contributed by atoms with Gasteiger partial charge in [-0.05, 0) is 24.3 Å². The number of anilines is 2. The fourth-order valence-corrected chi connectivity index (χ4v) is 2.19. The number of nitrogens with one attached hydrogen (secondary N) is 2. The molecule has 0 atom stereocenters. The molecule has 8 nitrogen and oxygen atoms in total. The first kappa shape index (κ1) is 12.5. The fraction of sp³-hybridized carbons (Fsp3) is 0. The van der Waals surface area contributed by atoms with Crippen LogP contribution in [0.25, 0.3) is 11.2 Å². The number of fused-ring (bicyclic) bond motifs is 1. The molecule has 0 fully saturated rings. The third-order valence-electron chi connectivity index (χ3n) is 2.64. The molecule has 3 rings (SSSR count). The van der Waals surface area contributed by atoms with Crippen LogP contribution < -0.4 is 5.32 Å². The maximum atomic E-state index is 10.9. The van der Waals surface area contributed by atoms with E-state index < -0.39 is 10.1 Å².